The predicted octanol–water partition coefficient (Wildman–Crippen LogP) is 4.07. The van der Waals surface area contributed by atoms with Gasteiger partial charge < -0.3 is 15.1 Å². The summed E-state index contributed by atoms with van der Waals surface area (Å²) in [5.41, 5.74) is 3.11. The monoisotopic (exact) mass is 378 g/mol. The van der Waals surface area contributed by atoms with E-state index in [0.29, 0.717) is 24.4 Å². The maximum Gasteiger partial charge on any atom is 0.315 e. The molecular formula is C22H26N4O2. The van der Waals surface area contributed by atoms with Crippen LogP contribution in [0.25, 0.3) is 0 Å². The highest BCUT2D eigenvalue weighted by Crippen LogP contribution is 2.22. The van der Waals surface area contributed by atoms with Gasteiger partial charge in [-0.2, -0.15) is 0 Å². The molecule has 1 atom stereocenters. The van der Waals surface area contributed by atoms with Crippen molar-refractivity contribution in [2.75, 3.05) is 11.9 Å². The van der Waals surface area contributed by atoms with E-state index >= 15 is 0 Å². The Morgan fingerprint density at radius 2 is 1.71 bits per heavy atom. The van der Waals surface area contributed by atoms with Crippen LogP contribution in [0.2, 0.25) is 0 Å². The number of hydrogen-bond acceptors (Lipinski definition) is 5. The SMILES string of the molecule is CCNc1nnc([C@@H](NC(=O)Cc2ccc(C(C)C)cc2)c2ccccc2)o1. The number of anilines is 1. The zero-order valence-corrected chi connectivity index (χ0v) is 16.5. The second-order valence-corrected chi connectivity index (χ2v) is 6.96. The highest BCUT2D eigenvalue weighted by Gasteiger charge is 2.23. The molecule has 0 fully saturated rings. The standard InChI is InChI=1S/C22H26N4O2/c1-4-23-22-26-25-21(28-22)20(18-8-6-5-7-9-18)24-19(27)14-16-10-12-17(13-11-16)15(2)3/h5-13,15,20H,4,14H2,1-3H3,(H,23,26)(H,24,27)/t20-/m0/s1. The first kappa shape index (κ1) is 19.6. The molecule has 0 aliphatic heterocycles. The van der Waals surface area contributed by atoms with Gasteiger partial charge in [0.05, 0.1) is 6.42 Å². The lowest BCUT2D eigenvalue weighted by atomic mass is 10.0. The summed E-state index contributed by atoms with van der Waals surface area (Å²) < 4.78 is 5.69. The number of carbonyl (C=O) groups excluding carboxylic acids is 1. The quantitative estimate of drug-likeness (QED) is 0.617. The average Bonchev–Trinajstić information content (AvgIpc) is 3.16. The van der Waals surface area contributed by atoms with Crippen molar-refractivity contribution in [3.63, 3.8) is 0 Å². The van der Waals surface area contributed by atoms with Crippen molar-refractivity contribution >= 4 is 11.9 Å². The van der Waals surface area contributed by atoms with Crippen molar-refractivity contribution < 1.29 is 9.21 Å². The predicted molar refractivity (Wildman–Crippen MR) is 109 cm³/mol. The van der Waals surface area contributed by atoms with E-state index < -0.39 is 6.04 Å². The van der Waals surface area contributed by atoms with Crippen molar-refractivity contribution in [3.05, 3.63) is 77.2 Å². The maximum atomic E-state index is 12.7. The molecule has 0 spiro atoms. The van der Waals surface area contributed by atoms with Crippen molar-refractivity contribution in [1.29, 1.82) is 0 Å². The lowest BCUT2D eigenvalue weighted by Gasteiger charge is -2.16. The average molecular weight is 378 g/mol. The minimum absolute atomic E-state index is 0.102. The van der Waals surface area contributed by atoms with E-state index in [4.69, 9.17) is 4.42 Å². The maximum absolute atomic E-state index is 12.7. The van der Waals surface area contributed by atoms with Crippen molar-refractivity contribution in [2.24, 2.45) is 0 Å². The molecule has 0 bridgehead atoms. The summed E-state index contributed by atoms with van der Waals surface area (Å²) in [6.07, 6.45) is 0.288. The van der Waals surface area contributed by atoms with Gasteiger partial charge in [0.1, 0.15) is 6.04 Å². The number of amides is 1. The van der Waals surface area contributed by atoms with Gasteiger partial charge in [0.2, 0.25) is 11.8 Å². The number of aromatic nitrogens is 2. The molecule has 0 radical (unpaired) electrons. The Bertz CT molecular complexity index is 888. The van der Waals surface area contributed by atoms with Crippen LogP contribution in [0.5, 0.6) is 0 Å². The van der Waals surface area contributed by atoms with E-state index in [1.54, 1.807) is 0 Å². The molecule has 1 amide bonds. The van der Waals surface area contributed by atoms with Crippen LogP contribution in [0.1, 0.15) is 55.3 Å². The summed E-state index contributed by atoms with van der Waals surface area (Å²) in [4.78, 5) is 12.7. The molecule has 6 nitrogen and oxygen atoms in total. The van der Waals surface area contributed by atoms with Crippen LogP contribution >= 0.6 is 0 Å². The zero-order chi connectivity index (χ0) is 19.9. The first-order chi connectivity index (χ1) is 13.6. The lowest BCUT2D eigenvalue weighted by molar-refractivity contribution is -0.121. The number of rotatable bonds is 8. The molecule has 2 aromatic carbocycles. The Balaban J connectivity index is 1.75. The summed E-state index contributed by atoms with van der Waals surface area (Å²) in [6, 6.07) is 17.6. The van der Waals surface area contributed by atoms with Gasteiger partial charge in [-0.25, -0.2) is 0 Å². The van der Waals surface area contributed by atoms with Gasteiger partial charge in [-0.05, 0) is 29.5 Å². The third kappa shape index (κ3) is 4.97. The molecule has 3 rings (SSSR count). The zero-order valence-electron chi connectivity index (χ0n) is 16.5. The largest absolute Gasteiger partial charge is 0.405 e. The molecule has 1 heterocycles. The first-order valence-corrected chi connectivity index (χ1v) is 9.57. The number of hydrogen-bond donors (Lipinski definition) is 2. The minimum atomic E-state index is -0.497. The Labute approximate surface area is 165 Å². The summed E-state index contributed by atoms with van der Waals surface area (Å²) >= 11 is 0. The summed E-state index contributed by atoms with van der Waals surface area (Å²) in [7, 11) is 0. The minimum Gasteiger partial charge on any atom is -0.405 e. The summed E-state index contributed by atoms with van der Waals surface area (Å²) in [6.45, 7) is 6.93. The van der Waals surface area contributed by atoms with E-state index in [1.165, 1.54) is 5.56 Å². The van der Waals surface area contributed by atoms with Gasteiger partial charge in [0.25, 0.3) is 0 Å². The molecule has 3 aromatic rings. The highest BCUT2D eigenvalue weighted by molar-refractivity contribution is 5.79. The van der Waals surface area contributed by atoms with Crippen molar-refractivity contribution in [1.82, 2.24) is 15.5 Å². The van der Waals surface area contributed by atoms with Gasteiger partial charge in [0, 0.05) is 6.54 Å². The molecule has 0 unspecified atom stereocenters. The highest BCUT2D eigenvalue weighted by atomic mass is 16.4. The number of nitrogens with one attached hydrogen (secondary N) is 2. The lowest BCUT2D eigenvalue weighted by Crippen LogP contribution is -2.30. The van der Waals surface area contributed by atoms with E-state index in [0.717, 1.165) is 11.1 Å². The van der Waals surface area contributed by atoms with Gasteiger partial charge in [-0.15, -0.1) is 5.10 Å². The van der Waals surface area contributed by atoms with Crippen LogP contribution in [0.3, 0.4) is 0 Å². The molecule has 146 valence electrons. The molecule has 0 aliphatic rings. The van der Waals surface area contributed by atoms with Crippen LogP contribution < -0.4 is 10.6 Å². The fourth-order valence-electron chi connectivity index (χ4n) is 2.92. The molecular weight excluding hydrogens is 352 g/mol. The molecule has 2 N–H and O–H groups in total. The molecule has 28 heavy (non-hydrogen) atoms. The normalized spacial score (nSPS) is 12.0. The Kier molecular flexibility index (Phi) is 6.42. The van der Waals surface area contributed by atoms with Crippen LogP contribution in [-0.4, -0.2) is 22.6 Å². The van der Waals surface area contributed by atoms with Crippen LogP contribution in [0.15, 0.2) is 59.0 Å². The van der Waals surface area contributed by atoms with Crippen LogP contribution in [-0.2, 0) is 11.2 Å². The molecule has 1 aromatic heterocycles. The van der Waals surface area contributed by atoms with Crippen LogP contribution in [0, 0.1) is 0 Å². The van der Waals surface area contributed by atoms with Crippen molar-refractivity contribution in [3.8, 4) is 0 Å². The second-order valence-electron chi connectivity index (χ2n) is 6.96. The fourth-order valence-corrected chi connectivity index (χ4v) is 2.92. The molecule has 6 heteroatoms. The van der Waals surface area contributed by atoms with Gasteiger partial charge in [-0.1, -0.05) is 73.5 Å². The summed E-state index contributed by atoms with van der Waals surface area (Å²) in [5, 5.41) is 14.1. The van der Waals surface area contributed by atoms with Gasteiger partial charge >= 0.3 is 6.01 Å². The number of nitrogens with zero attached hydrogens (tertiary/aromatic N) is 2. The van der Waals surface area contributed by atoms with E-state index in [-0.39, 0.29) is 12.3 Å². The van der Waals surface area contributed by atoms with Crippen molar-refractivity contribution in [2.45, 2.75) is 39.2 Å². The number of carbonyl (C=O) groups is 1. The molecule has 0 saturated heterocycles. The molecule has 0 aliphatic carbocycles. The third-order valence-electron chi connectivity index (χ3n) is 4.46. The fraction of sp³-hybridized carbons (Fsp3) is 0.318. The van der Waals surface area contributed by atoms with E-state index in [9.17, 15) is 4.79 Å². The van der Waals surface area contributed by atoms with Gasteiger partial charge in [0.15, 0.2) is 0 Å². The first-order valence-electron chi connectivity index (χ1n) is 9.57. The Hall–Kier alpha value is -3.15. The topological polar surface area (TPSA) is 80.0 Å². The Morgan fingerprint density at radius 1 is 1.00 bits per heavy atom. The molecule has 0 saturated carbocycles. The smallest absolute Gasteiger partial charge is 0.315 e. The second kappa shape index (κ2) is 9.17. The third-order valence-corrected chi connectivity index (χ3v) is 4.46. The van der Waals surface area contributed by atoms with E-state index in [2.05, 4.69) is 46.8 Å². The van der Waals surface area contributed by atoms with Crippen LogP contribution in [0.4, 0.5) is 6.01 Å². The number of benzene rings is 2. The van der Waals surface area contributed by atoms with Gasteiger partial charge in [-0.3, -0.25) is 4.79 Å². The Morgan fingerprint density at radius 3 is 2.36 bits per heavy atom. The summed E-state index contributed by atoms with van der Waals surface area (Å²) in [5.74, 6) is 0.716. The van der Waals surface area contributed by atoms with E-state index in [1.807, 2.05) is 49.4 Å².